The highest BCUT2D eigenvalue weighted by molar-refractivity contribution is 7.85. The molecule has 0 spiro atoms. The van der Waals surface area contributed by atoms with E-state index in [1.807, 2.05) is 0 Å². The van der Waals surface area contributed by atoms with Gasteiger partial charge in [-0.1, -0.05) is 41.9 Å². The number of carbonyl (C=O) groups excluding carboxylic acids is 1. The lowest BCUT2D eigenvalue weighted by atomic mass is 10.0. The summed E-state index contributed by atoms with van der Waals surface area (Å²) in [6.45, 7) is 0. The van der Waals surface area contributed by atoms with Crippen molar-refractivity contribution in [1.82, 2.24) is 5.32 Å². The molecule has 0 saturated heterocycles. The summed E-state index contributed by atoms with van der Waals surface area (Å²) in [6.07, 6.45) is 0. The Morgan fingerprint density at radius 1 is 1.17 bits per heavy atom. The quantitative estimate of drug-likeness (QED) is 0.698. The maximum Gasteiger partial charge on any atom is 0.327 e. The number of carboxylic acid groups (broad SMARTS) is 1. The van der Waals surface area contributed by atoms with Crippen molar-refractivity contribution in [3.63, 3.8) is 0 Å². The lowest BCUT2D eigenvalue weighted by molar-refractivity contribution is -0.138. The number of fused-ring (bicyclic) bond motifs is 1. The minimum Gasteiger partial charge on any atom is -0.480 e. The molecule has 1 amide bonds. The molecule has 2 rings (SSSR count). The number of halogens is 1. The lowest BCUT2D eigenvalue weighted by Gasteiger charge is -2.15. The third-order valence-corrected chi connectivity index (χ3v) is 4.16. The molecule has 1 atom stereocenters. The molecular formula is C14H12ClNO6S. The maximum absolute atomic E-state index is 12.3. The predicted octanol–water partition coefficient (Wildman–Crippen LogP) is 1.56. The number of rotatable bonds is 5. The van der Waals surface area contributed by atoms with Crippen LogP contribution in [0.25, 0.3) is 10.8 Å². The van der Waals surface area contributed by atoms with Crippen molar-refractivity contribution in [2.75, 3.05) is 5.75 Å². The second-order valence-corrected chi connectivity index (χ2v) is 6.66. The number of carboxylic acids is 1. The summed E-state index contributed by atoms with van der Waals surface area (Å²) in [5.74, 6) is -3.58. The molecule has 7 nitrogen and oxygen atoms in total. The fourth-order valence-electron chi connectivity index (χ4n) is 2.09. The first-order valence-electron chi connectivity index (χ1n) is 6.35. The van der Waals surface area contributed by atoms with Crippen LogP contribution in [0.15, 0.2) is 36.4 Å². The molecule has 0 heterocycles. The van der Waals surface area contributed by atoms with Gasteiger partial charge in [-0.2, -0.15) is 8.42 Å². The molecule has 9 heteroatoms. The molecule has 0 aliphatic heterocycles. The summed E-state index contributed by atoms with van der Waals surface area (Å²) in [7, 11) is -4.58. The zero-order valence-corrected chi connectivity index (χ0v) is 13.1. The van der Waals surface area contributed by atoms with E-state index in [-0.39, 0.29) is 10.6 Å². The summed E-state index contributed by atoms with van der Waals surface area (Å²) >= 11 is 6.02. The van der Waals surface area contributed by atoms with E-state index in [0.29, 0.717) is 10.8 Å². The Morgan fingerprint density at radius 3 is 2.43 bits per heavy atom. The van der Waals surface area contributed by atoms with Crippen molar-refractivity contribution in [2.24, 2.45) is 0 Å². The molecule has 23 heavy (non-hydrogen) atoms. The first-order valence-corrected chi connectivity index (χ1v) is 8.34. The van der Waals surface area contributed by atoms with E-state index >= 15 is 0 Å². The minimum atomic E-state index is -4.58. The van der Waals surface area contributed by atoms with Gasteiger partial charge in [-0.05, 0) is 16.8 Å². The number of aliphatic carboxylic acids is 1. The molecule has 0 radical (unpaired) electrons. The van der Waals surface area contributed by atoms with Gasteiger partial charge >= 0.3 is 5.97 Å². The second-order valence-electron chi connectivity index (χ2n) is 4.76. The summed E-state index contributed by atoms with van der Waals surface area (Å²) < 4.78 is 30.5. The van der Waals surface area contributed by atoms with Gasteiger partial charge in [0.05, 0.1) is 10.6 Å². The first-order chi connectivity index (χ1) is 10.7. The van der Waals surface area contributed by atoms with Gasteiger partial charge in [0.25, 0.3) is 16.0 Å². The van der Waals surface area contributed by atoms with E-state index in [9.17, 15) is 18.0 Å². The number of hydrogen-bond donors (Lipinski definition) is 3. The molecule has 3 N–H and O–H groups in total. The summed E-state index contributed by atoms with van der Waals surface area (Å²) in [5.41, 5.74) is 0.0337. The van der Waals surface area contributed by atoms with Gasteiger partial charge in [-0.25, -0.2) is 4.79 Å². The summed E-state index contributed by atoms with van der Waals surface area (Å²) in [4.78, 5) is 23.4. The highest BCUT2D eigenvalue weighted by Gasteiger charge is 2.27. The van der Waals surface area contributed by atoms with Gasteiger partial charge in [0.15, 0.2) is 0 Å². The molecule has 0 aliphatic rings. The number of nitrogens with one attached hydrogen (secondary N) is 1. The largest absolute Gasteiger partial charge is 0.480 e. The molecule has 122 valence electrons. The molecule has 0 aromatic heterocycles. The predicted molar refractivity (Wildman–Crippen MR) is 84.3 cm³/mol. The van der Waals surface area contributed by atoms with E-state index < -0.39 is 33.8 Å². The van der Waals surface area contributed by atoms with Crippen molar-refractivity contribution >= 4 is 44.4 Å². The van der Waals surface area contributed by atoms with Crippen LogP contribution >= 0.6 is 11.6 Å². The van der Waals surface area contributed by atoms with Crippen LogP contribution in [-0.4, -0.2) is 41.7 Å². The van der Waals surface area contributed by atoms with Crippen molar-refractivity contribution in [1.29, 1.82) is 0 Å². The van der Waals surface area contributed by atoms with Crippen LogP contribution in [0.1, 0.15) is 10.4 Å². The Labute approximate surface area is 136 Å². The molecule has 0 aliphatic carbocycles. The number of hydrogen-bond acceptors (Lipinski definition) is 4. The van der Waals surface area contributed by atoms with Crippen molar-refractivity contribution < 1.29 is 27.7 Å². The minimum absolute atomic E-state index is 0.0337. The van der Waals surface area contributed by atoms with E-state index in [2.05, 4.69) is 5.32 Å². The van der Waals surface area contributed by atoms with Crippen LogP contribution in [0.2, 0.25) is 5.02 Å². The van der Waals surface area contributed by atoms with Crippen molar-refractivity contribution in [3.05, 3.63) is 47.0 Å². The van der Waals surface area contributed by atoms with E-state index in [1.165, 1.54) is 6.07 Å². The third kappa shape index (κ3) is 4.19. The highest BCUT2D eigenvalue weighted by atomic mass is 35.5. The fraction of sp³-hybridized carbons (Fsp3) is 0.143. The Bertz CT molecular complexity index is 880. The number of benzene rings is 2. The Kier molecular flexibility index (Phi) is 4.88. The molecule has 0 unspecified atom stereocenters. The Balaban J connectivity index is 2.40. The molecule has 0 bridgehead atoms. The van der Waals surface area contributed by atoms with Crippen LogP contribution in [0, 0.1) is 0 Å². The molecule has 2 aromatic carbocycles. The zero-order chi connectivity index (χ0) is 17.2. The van der Waals surface area contributed by atoms with Crippen molar-refractivity contribution in [2.45, 2.75) is 6.04 Å². The van der Waals surface area contributed by atoms with Crippen LogP contribution in [-0.2, 0) is 14.9 Å². The van der Waals surface area contributed by atoms with Crippen LogP contribution in [0.4, 0.5) is 0 Å². The Hall–Kier alpha value is -2.16. The van der Waals surface area contributed by atoms with Gasteiger partial charge in [-0.15, -0.1) is 0 Å². The zero-order valence-electron chi connectivity index (χ0n) is 11.6. The van der Waals surface area contributed by atoms with Gasteiger partial charge in [0.2, 0.25) is 0 Å². The van der Waals surface area contributed by atoms with Gasteiger partial charge < -0.3 is 10.4 Å². The smallest absolute Gasteiger partial charge is 0.327 e. The summed E-state index contributed by atoms with van der Waals surface area (Å²) in [6, 6.07) is 8.20. The molecule has 0 fully saturated rings. The lowest BCUT2D eigenvalue weighted by Crippen LogP contribution is -2.45. The monoisotopic (exact) mass is 357 g/mol. The average Bonchev–Trinajstić information content (AvgIpc) is 2.44. The average molecular weight is 358 g/mol. The van der Waals surface area contributed by atoms with Crippen LogP contribution in [0.5, 0.6) is 0 Å². The number of amides is 1. The van der Waals surface area contributed by atoms with Gasteiger partial charge in [-0.3, -0.25) is 9.35 Å². The second kappa shape index (κ2) is 6.53. The van der Waals surface area contributed by atoms with Crippen LogP contribution in [0.3, 0.4) is 0 Å². The van der Waals surface area contributed by atoms with Gasteiger partial charge in [0, 0.05) is 0 Å². The van der Waals surface area contributed by atoms with Crippen LogP contribution < -0.4 is 5.32 Å². The van der Waals surface area contributed by atoms with E-state index in [4.69, 9.17) is 21.3 Å². The first kappa shape index (κ1) is 17.2. The standard InChI is InChI=1S/C14H12ClNO6S/c15-10-6-5-8-3-1-2-4-9(8)12(10)13(17)16-11(14(18)19)7-23(20,21)22/h1-6,11H,7H2,(H,16,17)(H,18,19)(H,20,21,22)/t11-/m0/s1. The highest BCUT2D eigenvalue weighted by Crippen LogP contribution is 2.26. The van der Waals surface area contributed by atoms with Gasteiger partial charge in [0.1, 0.15) is 11.8 Å². The molecular weight excluding hydrogens is 346 g/mol. The summed E-state index contributed by atoms with van der Waals surface area (Å²) in [5, 5.41) is 12.4. The molecule has 0 saturated carbocycles. The normalized spacial score (nSPS) is 12.8. The van der Waals surface area contributed by atoms with Crippen molar-refractivity contribution in [3.8, 4) is 0 Å². The van der Waals surface area contributed by atoms with E-state index in [1.54, 1.807) is 30.3 Å². The third-order valence-electron chi connectivity index (χ3n) is 3.09. The molecule has 2 aromatic rings. The fourth-order valence-corrected chi connectivity index (χ4v) is 2.99. The number of carbonyl (C=O) groups is 2. The van der Waals surface area contributed by atoms with E-state index in [0.717, 1.165) is 0 Å². The SMILES string of the molecule is O=C(N[C@@H](CS(=O)(=O)O)C(=O)O)c1c(Cl)ccc2ccccc12. The maximum atomic E-state index is 12.3. The Morgan fingerprint density at radius 2 is 1.83 bits per heavy atom. The topological polar surface area (TPSA) is 121 Å².